The number of thiophene rings is 1. The summed E-state index contributed by atoms with van der Waals surface area (Å²) < 4.78 is 0. The van der Waals surface area contributed by atoms with Crippen molar-refractivity contribution >= 4 is 17.2 Å². The zero-order valence-corrected chi connectivity index (χ0v) is 12.5. The van der Waals surface area contributed by atoms with Gasteiger partial charge in [0.15, 0.2) is 0 Å². The molecule has 1 aliphatic carbocycles. The molecule has 108 valence electrons. The molecule has 0 atom stereocenters. The van der Waals surface area contributed by atoms with E-state index in [1.54, 1.807) is 11.3 Å². The Balaban J connectivity index is 1.74. The molecule has 1 saturated carbocycles. The van der Waals surface area contributed by atoms with Gasteiger partial charge in [-0.1, -0.05) is 37.5 Å². The van der Waals surface area contributed by atoms with Crippen molar-refractivity contribution in [1.82, 2.24) is 5.32 Å². The van der Waals surface area contributed by atoms with Crippen LogP contribution in [-0.2, 0) is 11.3 Å². The molecule has 0 aromatic carbocycles. The molecular formula is C16H21NO2S. The second-order valence-electron chi connectivity index (χ2n) is 5.18. The highest BCUT2D eigenvalue weighted by atomic mass is 32.1. The number of rotatable bonds is 5. The fraction of sp³-hybridized carbons (Fsp3) is 0.562. The van der Waals surface area contributed by atoms with Crippen molar-refractivity contribution in [3.05, 3.63) is 21.9 Å². The molecule has 0 saturated heterocycles. The van der Waals surface area contributed by atoms with Crippen LogP contribution < -0.4 is 5.32 Å². The SMILES string of the molecule is O=C(CCC1CCCC1)NCc1sccc1C#CCO. The van der Waals surface area contributed by atoms with E-state index in [0.29, 0.717) is 13.0 Å². The van der Waals surface area contributed by atoms with Crippen LogP contribution in [-0.4, -0.2) is 17.6 Å². The van der Waals surface area contributed by atoms with Crippen LogP contribution in [0, 0.1) is 17.8 Å². The number of hydrogen-bond acceptors (Lipinski definition) is 3. The molecule has 2 N–H and O–H groups in total. The smallest absolute Gasteiger partial charge is 0.220 e. The Kier molecular flexibility index (Phi) is 6.10. The van der Waals surface area contributed by atoms with Gasteiger partial charge >= 0.3 is 0 Å². The average molecular weight is 291 g/mol. The average Bonchev–Trinajstić information content (AvgIpc) is 3.11. The predicted molar refractivity (Wildman–Crippen MR) is 81.3 cm³/mol. The Morgan fingerprint density at radius 2 is 2.25 bits per heavy atom. The first-order chi connectivity index (χ1) is 9.79. The van der Waals surface area contributed by atoms with Gasteiger partial charge < -0.3 is 10.4 Å². The van der Waals surface area contributed by atoms with E-state index in [1.807, 2.05) is 11.4 Å². The molecule has 2 rings (SSSR count). The fourth-order valence-electron chi connectivity index (χ4n) is 2.63. The van der Waals surface area contributed by atoms with Crippen molar-refractivity contribution in [1.29, 1.82) is 0 Å². The molecule has 0 spiro atoms. The van der Waals surface area contributed by atoms with E-state index >= 15 is 0 Å². The number of amides is 1. The molecular weight excluding hydrogens is 270 g/mol. The maximum atomic E-state index is 11.8. The lowest BCUT2D eigenvalue weighted by molar-refractivity contribution is -0.121. The molecule has 1 heterocycles. The van der Waals surface area contributed by atoms with Crippen molar-refractivity contribution in [3.63, 3.8) is 0 Å². The van der Waals surface area contributed by atoms with Gasteiger partial charge in [0.25, 0.3) is 0 Å². The first-order valence-corrected chi connectivity index (χ1v) is 8.10. The Bertz CT molecular complexity index is 492. The third-order valence-electron chi connectivity index (χ3n) is 3.75. The van der Waals surface area contributed by atoms with Gasteiger partial charge in [-0.3, -0.25) is 4.79 Å². The molecule has 1 fully saturated rings. The van der Waals surface area contributed by atoms with Gasteiger partial charge in [0.1, 0.15) is 6.61 Å². The largest absolute Gasteiger partial charge is 0.384 e. The molecule has 0 aliphatic heterocycles. The van der Waals surface area contributed by atoms with Gasteiger partial charge in [-0.2, -0.15) is 0 Å². The Hall–Kier alpha value is -1.31. The maximum Gasteiger partial charge on any atom is 0.220 e. The molecule has 3 nitrogen and oxygen atoms in total. The highest BCUT2D eigenvalue weighted by Gasteiger charge is 2.16. The number of carbonyl (C=O) groups is 1. The quantitative estimate of drug-likeness (QED) is 0.819. The van der Waals surface area contributed by atoms with Crippen LogP contribution >= 0.6 is 11.3 Å². The summed E-state index contributed by atoms with van der Waals surface area (Å²) in [5, 5.41) is 13.6. The fourth-order valence-corrected chi connectivity index (χ4v) is 3.40. The molecule has 0 bridgehead atoms. The van der Waals surface area contributed by atoms with E-state index in [2.05, 4.69) is 17.2 Å². The van der Waals surface area contributed by atoms with Crippen LogP contribution in [0.5, 0.6) is 0 Å². The Morgan fingerprint density at radius 3 is 3.00 bits per heavy atom. The predicted octanol–water partition coefficient (Wildman–Crippen LogP) is 2.68. The van der Waals surface area contributed by atoms with Crippen molar-refractivity contribution < 1.29 is 9.90 Å². The summed E-state index contributed by atoms with van der Waals surface area (Å²) in [4.78, 5) is 12.9. The van der Waals surface area contributed by atoms with Crippen molar-refractivity contribution in [2.24, 2.45) is 5.92 Å². The van der Waals surface area contributed by atoms with Crippen molar-refractivity contribution in [2.75, 3.05) is 6.61 Å². The van der Waals surface area contributed by atoms with Gasteiger partial charge in [0.2, 0.25) is 5.91 Å². The lowest BCUT2D eigenvalue weighted by Gasteiger charge is -2.08. The standard InChI is InChI=1S/C16H21NO2S/c18-10-3-6-14-9-11-20-15(14)12-17-16(19)8-7-13-4-1-2-5-13/h9,11,13,18H,1-2,4-5,7-8,10,12H2,(H,17,19). The monoisotopic (exact) mass is 291 g/mol. The summed E-state index contributed by atoms with van der Waals surface area (Å²) in [6, 6.07) is 1.92. The highest BCUT2D eigenvalue weighted by molar-refractivity contribution is 7.10. The van der Waals surface area contributed by atoms with Gasteiger partial charge in [-0.25, -0.2) is 0 Å². The molecule has 1 aromatic rings. The second kappa shape index (κ2) is 8.08. The summed E-state index contributed by atoms with van der Waals surface area (Å²) in [6.07, 6.45) is 6.89. The van der Waals surface area contributed by atoms with Crippen LogP contribution in [0.1, 0.15) is 49.0 Å². The van der Waals surface area contributed by atoms with Crippen LogP contribution in [0.25, 0.3) is 0 Å². The van der Waals surface area contributed by atoms with Gasteiger partial charge in [-0.15, -0.1) is 11.3 Å². The molecule has 1 aliphatic rings. The number of aliphatic hydroxyl groups is 1. The van der Waals surface area contributed by atoms with E-state index in [-0.39, 0.29) is 12.5 Å². The molecule has 0 unspecified atom stereocenters. The Morgan fingerprint density at radius 1 is 1.45 bits per heavy atom. The first kappa shape index (κ1) is 15.1. The van der Waals surface area contributed by atoms with Gasteiger partial charge in [0, 0.05) is 16.9 Å². The molecule has 20 heavy (non-hydrogen) atoms. The molecule has 4 heteroatoms. The van der Waals surface area contributed by atoms with Gasteiger partial charge in [0.05, 0.1) is 6.54 Å². The summed E-state index contributed by atoms with van der Waals surface area (Å²) in [7, 11) is 0. The van der Waals surface area contributed by atoms with E-state index in [4.69, 9.17) is 5.11 Å². The van der Waals surface area contributed by atoms with Gasteiger partial charge in [-0.05, 0) is 23.8 Å². The summed E-state index contributed by atoms with van der Waals surface area (Å²) in [5.41, 5.74) is 0.903. The zero-order chi connectivity index (χ0) is 14.2. The van der Waals surface area contributed by atoms with Crippen LogP contribution in [0.15, 0.2) is 11.4 Å². The van der Waals surface area contributed by atoms with E-state index in [9.17, 15) is 4.79 Å². The minimum absolute atomic E-state index is 0.131. The number of aliphatic hydroxyl groups excluding tert-OH is 1. The minimum Gasteiger partial charge on any atom is -0.384 e. The maximum absolute atomic E-state index is 11.8. The summed E-state index contributed by atoms with van der Waals surface area (Å²) >= 11 is 1.59. The molecule has 1 aromatic heterocycles. The number of carbonyl (C=O) groups excluding carboxylic acids is 1. The highest BCUT2D eigenvalue weighted by Crippen LogP contribution is 2.28. The zero-order valence-electron chi connectivity index (χ0n) is 11.7. The lowest BCUT2D eigenvalue weighted by atomic mass is 10.0. The molecule has 1 amide bonds. The first-order valence-electron chi connectivity index (χ1n) is 7.22. The van der Waals surface area contributed by atoms with Crippen LogP contribution in [0.2, 0.25) is 0 Å². The Labute approximate surface area is 124 Å². The number of hydrogen-bond donors (Lipinski definition) is 2. The van der Waals surface area contributed by atoms with Crippen LogP contribution in [0.3, 0.4) is 0 Å². The van der Waals surface area contributed by atoms with E-state index < -0.39 is 0 Å². The minimum atomic E-state index is -0.136. The second-order valence-corrected chi connectivity index (χ2v) is 6.18. The van der Waals surface area contributed by atoms with E-state index in [0.717, 1.165) is 22.8 Å². The molecule has 0 radical (unpaired) electrons. The third kappa shape index (κ3) is 4.66. The topological polar surface area (TPSA) is 49.3 Å². The summed E-state index contributed by atoms with van der Waals surface area (Å²) in [6.45, 7) is 0.402. The summed E-state index contributed by atoms with van der Waals surface area (Å²) in [5.74, 6) is 6.43. The normalized spacial score (nSPS) is 14.8. The van der Waals surface area contributed by atoms with E-state index in [1.165, 1.54) is 25.7 Å². The van der Waals surface area contributed by atoms with Crippen LogP contribution in [0.4, 0.5) is 0 Å². The third-order valence-corrected chi connectivity index (χ3v) is 4.67. The van der Waals surface area contributed by atoms with Crippen molar-refractivity contribution in [3.8, 4) is 11.8 Å². The number of nitrogens with one attached hydrogen (secondary N) is 1. The van der Waals surface area contributed by atoms with Crippen molar-refractivity contribution in [2.45, 2.75) is 45.1 Å². The lowest BCUT2D eigenvalue weighted by Crippen LogP contribution is -2.22.